The minimum Gasteiger partial charge on any atom is -1.00 e. The number of amides is 1. The highest BCUT2D eigenvalue weighted by Gasteiger charge is 2.28. The number of esters is 1. The van der Waals surface area contributed by atoms with Crippen molar-refractivity contribution >= 4 is 45.2 Å². The summed E-state index contributed by atoms with van der Waals surface area (Å²) in [6, 6.07) is 29.9. The van der Waals surface area contributed by atoms with Crippen molar-refractivity contribution < 1.29 is 50.7 Å². The summed E-state index contributed by atoms with van der Waals surface area (Å²) in [5, 5.41) is 6.72. The van der Waals surface area contributed by atoms with E-state index in [1.54, 1.807) is 24.3 Å². The Labute approximate surface area is 339 Å². The normalized spacial score (nSPS) is 11.7. The van der Waals surface area contributed by atoms with E-state index in [9.17, 15) is 14.4 Å². The molecule has 5 aromatic carbocycles. The van der Waals surface area contributed by atoms with Crippen molar-refractivity contribution in [2.45, 2.75) is 31.7 Å². The van der Waals surface area contributed by atoms with E-state index >= 15 is 0 Å². The quantitative estimate of drug-likeness (QED) is 0.0285. The van der Waals surface area contributed by atoms with Crippen LogP contribution in [0.5, 0.6) is 17.2 Å². The third-order valence-corrected chi connectivity index (χ3v) is 9.21. The van der Waals surface area contributed by atoms with Crippen LogP contribution in [0.1, 0.15) is 24.8 Å². The fourth-order valence-corrected chi connectivity index (χ4v) is 6.54. The second-order valence-electron chi connectivity index (χ2n) is 13.2. The number of rotatable bonds is 21. The second kappa shape index (κ2) is 21.7. The first-order valence-corrected chi connectivity index (χ1v) is 18.5. The minimum absolute atomic E-state index is 0. The Kier molecular flexibility index (Phi) is 16.5. The standard InChI is InChI=1S/C45H48N4O7.ClH/c1-4-25-54-35-20-16-30(17-21-35)27-38(44(52)53-3)49-43(51)33(13-10-24-48-45(46)47)28-34(50)29-56-40-23-19-32-12-7-9-15-37(32)42(40)41-36-14-8-6-11-31(36)18-22-39(41)55-26-5-2;/h4-9,11-12,14-23,33,38H,1-2,10,13,24-29H2,3H3,(H,49,51)(H4,46,47,48);1H/t33-,38-;/m0./s1. The molecule has 6 N–H and O–H groups in total. The molecule has 5 aromatic rings. The zero-order chi connectivity index (χ0) is 39.9. The van der Waals surface area contributed by atoms with Crippen LogP contribution in [-0.4, -0.2) is 63.1 Å². The molecular formula is C45H49ClN4O7. The lowest BCUT2D eigenvalue weighted by atomic mass is 9.92. The lowest BCUT2D eigenvalue weighted by Crippen LogP contribution is -3.00. The molecule has 0 aliphatic heterocycles. The topological polar surface area (TPSA) is 166 Å². The second-order valence-corrected chi connectivity index (χ2v) is 13.2. The van der Waals surface area contributed by atoms with Crippen LogP contribution in [-0.2, 0) is 25.5 Å². The minimum atomic E-state index is -0.995. The molecule has 0 aromatic heterocycles. The first-order valence-electron chi connectivity index (χ1n) is 18.5. The van der Waals surface area contributed by atoms with E-state index in [-0.39, 0.29) is 43.6 Å². The van der Waals surface area contributed by atoms with Crippen LogP contribution in [0.25, 0.3) is 32.7 Å². The number of halogens is 1. The molecule has 57 heavy (non-hydrogen) atoms. The van der Waals surface area contributed by atoms with Gasteiger partial charge in [0.15, 0.2) is 5.78 Å². The molecule has 0 fully saturated rings. The van der Waals surface area contributed by atoms with Crippen LogP contribution < -0.4 is 48.4 Å². The lowest BCUT2D eigenvalue weighted by molar-refractivity contribution is -0.459. The van der Waals surface area contributed by atoms with Crippen molar-refractivity contribution in [2.24, 2.45) is 17.4 Å². The highest BCUT2D eigenvalue weighted by Crippen LogP contribution is 2.45. The van der Waals surface area contributed by atoms with Gasteiger partial charge in [-0.25, -0.2) is 4.79 Å². The molecule has 298 valence electrons. The average molecular weight is 793 g/mol. The molecule has 0 bridgehead atoms. The monoisotopic (exact) mass is 792 g/mol. The van der Waals surface area contributed by atoms with Crippen molar-refractivity contribution in [3.8, 4) is 28.4 Å². The summed E-state index contributed by atoms with van der Waals surface area (Å²) in [7, 11) is 1.26. The summed E-state index contributed by atoms with van der Waals surface area (Å²) in [6.07, 6.45) is 4.15. The van der Waals surface area contributed by atoms with Crippen LogP contribution in [0.3, 0.4) is 0 Å². The maximum atomic E-state index is 13.9. The first kappa shape index (κ1) is 43.4. The number of ether oxygens (including phenoxy) is 4. The zero-order valence-corrected chi connectivity index (χ0v) is 32.8. The molecule has 0 spiro atoms. The van der Waals surface area contributed by atoms with E-state index in [0.29, 0.717) is 49.8 Å². The van der Waals surface area contributed by atoms with Crippen LogP contribution in [0.2, 0.25) is 0 Å². The molecule has 0 unspecified atom stereocenters. The van der Waals surface area contributed by atoms with Gasteiger partial charge in [-0.05, 0) is 64.2 Å². The number of nitrogens with one attached hydrogen (secondary N) is 2. The van der Waals surface area contributed by atoms with Gasteiger partial charge in [0, 0.05) is 29.9 Å². The summed E-state index contributed by atoms with van der Waals surface area (Å²) in [5.41, 5.74) is 13.5. The predicted molar refractivity (Wildman–Crippen MR) is 219 cm³/mol. The maximum Gasteiger partial charge on any atom is 0.338 e. The van der Waals surface area contributed by atoms with E-state index in [1.807, 2.05) is 84.9 Å². The summed E-state index contributed by atoms with van der Waals surface area (Å²) >= 11 is 0. The Balaban J connectivity index is 0.00000720. The van der Waals surface area contributed by atoms with Crippen molar-refractivity contribution in [2.75, 3.05) is 33.5 Å². The van der Waals surface area contributed by atoms with E-state index in [0.717, 1.165) is 38.2 Å². The van der Waals surface area contributed by atoms with Crippen molar-refractivity contribution in [1.29, 1.82) is 0 Å². The van der Waals surface area contributed by atoms with Gasteiger partial charge in [-0.2, -0.15) is 0 Å². The highest BCUT2D eigenvalue weighted by molar-refractivity contribution is 6.10. The number of hydrogen-bond donors (Lipinski definition) is 4. The third kappa shape index (κ3) is 11.8. The molecule has 0 aliphatic rings. The number of ketones is 1. The number of guanidine groups is 1. The number of carbonyl (C=O) groups is 3. The summed E-state index contributed by atoms with van der Waals surface area (Å²) < 4.78 is 23.1. The van der Waals surface area contributed by atoms with Crippen LogP contribution in [0.15, 0.2) is 122 Å². The number of benzene rings is 5. The van der Waals surface area contributed by atoms with Crippen molar-refractivity contribution in [3.05, 3.63) is 128 Å². The van der Waals surface area contributed by atoms with Gasteiger partial charge in [0.25, 0.3) is 0 Å². The number of fused-ring (bicyclic) bond motifs is 2. The Morgan fingerprint density at radius 3 is 1.93 bits per heavy atom. The van der Waals surface area contributed by atoms with E-state index in [1.165, 1.54) is 7.11 Å². The molecule has 1 amide bonds. The Morgan fingerprint density at radius 1 is 0.772 bits per heavy atom. The highest BCUT2D eigenvalue weighted by atomic mass is 35.5. The number of Topliss-reactive ketones (excluding diaryl/α,β-unsaturated/α-hetero) is 1. The Hall–Kier alpha value is -6.33. The summed E-state index contributed by atoms with van der Waals surface area (Å²) in [6.45, 7) is 8.22. The SMILES string of the molecule is C=CCOc1ccc(C[C@H](NC(=O)[C@@H](CCC[NH+]=C(N)N)CC(=O)COc2ccc3ccccc3c2-c2c(OCC=C)ccc3ccccc23)C(=O)OC)cc1.[Cl-]. The maximum absolute atomic E-state index is 13.9. The Bertz CT molecular complexity index is 2200. The summed E-state index contributed by atoms with van der Waals surface area (Å²) in [4.78, 5) is 43.4. The fraction of sp³-hybridized carbons (Fsp3) is 0.244. The van der Waals surface area contributed by atoms with E-state index in [4.69, 9.17) is 30.4 Å². The van der Waals surface area contributed by atoms with Gasteiger partial charge in [0.1, 0.15) is 43.1 Å². The van der Waals surface area contributed by atoms with Gasteiger partial charge >= 0.3 is 11.9 Å². The average Bonchev–Trinajstić information content (AvgIpc) is 3.21. The third-order valence-electron chi connectivity index (χ3n) is 9.21. The number of nitrogens with two attached hydrogens (primary N) is 2. The molecule has 0 saturated heterocycles. The Morgan fingerprint density at radius 2 is 1.35 bits per heavy atom. The molecular weight excluding hydrogens is 744 g/mol. The molecule has 5 rings (SSSR count). The van der Waals surface area contributed by atoms with Crippen LogP contribution >= 0.6 is 0 Å². The van der Waals surface area contributed by atoms with Gasteiger partial charge < -0.3 is 36.7 Å². The smallest absolute Gasteiger partial charge is 0.338 e. The first-order chi connectivity index (χ1) is 27.2. The van der Waals surface area contributed by atoms with E-state index in [2.05, 4.69) is 23.5 Å². The summed E-state index contributed by atoms with van der Waals surface area (Å²) in [5.74, 6) is -0.328. The fourth-order valence-electron chi connectivity index (χ4n) is 6.54. The van der Waals surface area contributed by atoms with Gasteiger partial charge in [0.2, 0.25) is 5.91 Å². The molecule has 12 heteroatoms. The largest absolute Gasteiger partial charge is 1.00 e. The molecule has 11 nitrogen and oxygen atoms in total. The molecule has 0 saturated carbocycles. The van der Waals surface area contributed by atoms with Crippen LogP contribution in [0.4, 0.5) is 0 Å². The van der Waals surface area contributed by atoms with Gasteiger partial charge in [-0.1, -0.05) is 98.1 Å². The number of methoxy groups -OCH3 is 1. The van der Waals surface area contributed by atoms with Gasteiger partial charge in [-0.3, -0.25) is 26.0 Å². The van der Waals surface area contributed by atoms with Gasteiger partial charge in [0.05, 0.1) is 13.7 Å². The molecule has 0 aliphatic carbocycles. The number of hydrogen-bond acceptors (Lipinski definition) is 7. The molecule has 2 atom stereocenters. The van der Waals surface area contributed by atoms with Gasteiger partial charge in [-0.15, -0.1) is 0 Å². The molecule has 0 radical (unpaired) electrons. The lowest BCUT2D eigenvalue weighted by Gasteiger charge is -2.22. The van der Waals surface area contributed by atoms with E-state index < -0.39 is 23.8 Å². The molecule has 0 heterocycles. The number of carbonyl (C=O) groups excluding carboxylic acids is 3. The van der Waals surface area contributed by atoms with Crippen molar-refractivity contribution in [1.82, 2.24) is 5.32 Å². The zero-order valence-electron chi connectivity index (χ0n) is 32.0. The van der Waals surface area contributed by atoms with Crippen molar-refractivity contribution in [3.63, 3.8) is 0 Å². The predicted octanol–water partition coefficient (Wildman–Crippen LogP) is 1.78. The van der Waals surface area contributed by atoms with Crippen LogP contribution in [0, 0.1) is 5.92 Å².